The van der Waals surface area contributed by atoms with E-state index in [4.69, 9.17) is 16.3 Å². The van der Waals surface area contributed by atoms with Gasteiger partial charge in [0.1, 0.15) is 16.6 Å². The van der Waals surface area contributed by atoms with E-state index >= 15 is 0 Å². The smallest absolute Gasteiger partial charge is 0.149 e. The highest BCUT2D eigenvalue weighted by atomic mass is 35.5. The number of hydrogen-bond acceptors (Lipinski definition) is 4. The second kappa shape index (κ2) is 4.97. The van der Waals surface area contributed by atoms with E-state index in [0.717, 1.165) is 31.7 Å². The van der Waals surface area contributed by atoms with Crippen molar-refractivity contribution in [2.45, 2.75) is 18.4 Å². The molecular formula is C16H16ClN3O. The van der Waals surface area contributed by atoms with Crippen LogP contribution in [0.2, 0.25) is 5.15 Å². The first-order valence-electron chi connectivity index (χ1n) is 7.22. The predicted molar refractivity (Wildman–Crippen MR) is 81.6 cm³/mol. The number of morpholine rings is 1. The summed E-state index contributed by atoms with van der Waals surface area (Å²) in [5.74, 6) is 0.828. The third-order valence-electron chi connectivity index (χ3n) is 4.41. The standard InChI is InChI=1S/C16H16ClN3O/c17-14-9-18-10-15(19-14)20-7-8-21-16(11-20)6-5-12-3-1-2-4-13(12)16/h1-4,9-10H,5-8,11H2. The zero-order valence-corrected chi connectivity index (χ0v) is 12.4. The van der Waals surface area contributed by atoms with Gasteiger partial charge in [-0.3, -0.25) is 4.98 Å². The maximum atomic E-state index is 6.21. The van der Waals surface area contributed by atoms with Crippen LogP contribution >= 0.6 is 11.6 Å². The third-order valence-corrected chi connectivity index (χ3v) is 4.59. The highest BCUT2D eigenvalue weighted by Crippen LogP contribution is 2.42. The molecule has 1 atom stereocenters. The first-order chi connectivity index (χ1) is 10.3. The molecule has 0 radical (unpaired) electrons. The van der Waals surface area contributed by atoms with Crippen LogP contribution in [0.15, 0.2) is 36.7 Å². The van der Waals surface area contributed by atoms with E-state index in [2.05, 4.69) is 39.1 Å². The zero-order chi connectivity index (χ0) is 14.3. The second-order valence-corrected chi connectivity index (χ2v) is 6.01. The molecule has 1 aliphatic carbocycles. The summed E-state index contributed by atoms with van der Waals surface area (Å²) in [5.41, 5.74) is 2.51. The van der Waals surface area contributed by atoms with Gasteiger partial charge in [0, 0.05) is 6.54 Å². The number of fused-ring (bicyclic) bond motifs is 2. The quantitative estimate of drug-likeness (QED) is 0.812. The number of aromatic nitrogens is 2. The molecule has 4 rings (SSSR count). The average Bonchev–Trinajstić information content (AvgIpc) is 2.86. The molecule has 1 aromatic carbocycles. The normalized spacial score (nSPS) is 24.3. The van der Waals surface area contributed by atoms with Gasteiger partial charge in [0.05, 0.1) is 25.5 Å². The summed E-state index contributed by atoms with van der Waals surface area (Å²) >= 11 is 5.96. The number of hydrogen-bond donors (Lipinski definition) is 0. The van der Waals surface area contributed by atoms with Gasteiger partial charge >= 0.3 is 0 Å². The van der Waals surface area contributed by atoms with Crippen LogP contribution in [0, 0.1) is 0 Å². The largest absolute Gasteiger partial charge is 0.367 e. The molecule has 1 saturated heterocycles. The third kappa shape index (κ3) is 2.19. The van der Waals surface area contributed by atoms with Crippen LogP contribution in [0.25, 0.3) is 0 Å². The number of rotatable bonds is 1. The van der Waals surface area contributed by atoms with Gasteiger partial charge in [-0.15, -0.1) is 0 Å². The summed E-state index contributed by atoms with van der Waals surface area (Å²) in [6.45, 7) is 2.32. The second-order valence-electron chi connectivity index (χ2n) is 5.62. The number of anilines is 1. The van der Waals surface area contributed by atoms with E-state index < -0.39 is 0 Å². The fraction of sp³-hybridized carbons (Fsp3) is 0.375. The first kappa shape index (κ1) is 13.0. The predicted octanol–water partition coefficient (Wildman–Crippen LogP) is 2.81. The fourth-order valence-electron chi connectivity index (χ4n) is 3.43. The molecule has 1 unspecified atom stereocenters. The highest BCUT2D eigenvalue weighted by Gasteiger charge is 2.43. The molecular weight excluding hydrogens is 286 g/mol. The summed E-state index contributed by atoms with van der Waals surface area (Å²) in [4.78, 5) is 10.7. The van der Waals surface area contributed by atoms with Crippen LogP contribution in [-0.4, -0.2) is 29.7 Å². The molecule has 0 saturated carbocycles. The van der Waals surface area contributed by atoms with E-state index in [-0.39, 0.29) is 5.60 Å². The van der Waals surface area contributed by atoms with Gasteiger partial charge in [0.2, 0.25) is 0 Å². The monoisotopic (exact) mass is 301 g/mol. The lowest BCUT2D eigenvalue weighted by Crippen LogP contribution is -2.49. The topological polar surface area (TPSA) is 38.2 Å². The van der Waals surface area contributed by atoms with Gasteiger partial charge in [-0.2, -0.15) is 0 Å². The van der Waals surface area contributed by atoms with Crippen LogP contribution in [0.4, 0.5) is 5.82 Å². The maximum Gasteiger partial charge on any atom is 0.149 e. The van der Waals surface area contributed by atoms with Crippen LogP contribution < -0.4 is 4.90 Å². The molecule has 2 aliphatic rings. The molecule has 21 heavy (non-hydrogen) atoms. The molecule has 5 heteroatoms. The van der Waals surface area contributed by atoms with Gasteiger partial charge in [0.15, 0.2) is 0 Å². The first-order valence-corrected chi connectivity index (χ1v) is 7.59. The molecule has 2 heterocycles. The summed E-state index contributed by atoms with van der Waals surface area (Å²) in [6, 6.07) is 8.58. The van der Waals surface area contributed by atoms with Crippen molar-refractivity contribution in [2.24, 2.45) is 0 Å². The zero-order valence-electron chi connectivity index (χ0n) is 11.6. The number of benzene rings is 1. The fourth-order valence-corrected chi connectivity index (χ4v) is 3.58. The van der Waals surface area contributed by atoms with Crippen molar-refractivity contribution in [2.75, 3.05) is 24.6 Å². The molecule has 1 aromatic heterocycles. The van der Waals surface area contributed by atoms with Gasteiger partial charge in [-0.05, 0) is 24.0 Å². The number of halogens is 1. The Balaban J connectivity index is 1.68. The molecule has 0 N–H and O–H groups in total. The molecule has 1 aliphatic heterocycles. The van der Waals surface area contributed by atoms with Crippen molar-refractivity contribution < 1.29 is 4.74 Å². The van der Waals surface area contributed by atoms with Crippen molar-refractivity contribution in [1.82, 2.24) is 9.97 Å². The van der Waals surface area contributed by atoms with Crippen molar-refractivity contribution in [1.29, 1.82) is 0 Å². The van der Waals surface area contributed by atoms with Crippen molar-refractivity contribution in [3.8, 4) is 0 Å². The summed E-state index contributed by atoms with van der Waals surface area (Å²) in [5, 5.41) is 0.430. The SMILES string of the molecule is Clc1cncc(N2CCOC3(CCc4ccccc43)C2)n1. The number of nitrogens with zero attached hydrogens (tertiary/aromatic N) is 3. The Morgan fingerprint density at radius 3 is 3.05 bits per heavy atom. The Morgan fingerprint density at radius 1 is 1.24 bits per heavy atom. The van der Waals surface area contributed by atoms with Crippen molar-refractivity contribution >= 4 is 17.4 Å². The van der Waals surface area contributed by atoms with Crippen LogP contribution in [0.1, 0.15) is 17.5 Å². The highest BCUT2D eigenvalue weighted by molar-refractivity contribution is 6.29. The Bertz CT molecular complexity index is 674. The summed E-state index contributed by atoms with van der Waals surface area (Å²) in [7, 11) is 0. The Kier molecular flexibility index (Phi) is 3.08. The molecule has 1 spiro atoms. The van der Waals surface area contributed by atoms with Crippen LogP contribution in [0.5, 0.6) is 0 Å². The minimum absolute atomic E-state index is 0.209. The van der Waals surface area contributed by atoms with Crippen molar-refractivity contribution in [3.63, 3.8) is 0 Å². The lowest BCUT2D eigenvalue weighted by molar-refractivity contribution is -0.0594. The maximum absolute atomic E-state index is 6.21. The van der Waals surface area contributed by atoms with Gasteiger partial charge < -0.3 is 9.64 Å². The van der Waals surface area contributed by atoms with Gasteiger partial charge in [0.25, 0.3) is 0 Å². The van der Waals surface area contributed by atoms with Crippen molar-refractivity contribution in [3.05, 3.63) is 52.9 Å². The average molecular weight is 302 g/mol. The van der Waals surface area contributed by atoms with Crippen LogP contribution in [-0.2, 0) is 16.8 Å². The lowest BCUT2D eigenvalue weighted by atomic mass is 9.93. The molecule has 0 amide bonds. The minimum atomic E-state index is -0.209. The van der Waals surface area contributed by atoms with E-state index in [1.165, 1.54) is 11.1 Å². The molecule has 0 bridgehead atoms. The summed E-state index contributed by atoms with van der Waals surface area (Å²) in [6.07, 6.45) is 5.43. The minimum Gasteiger partial charge on any atom is -0.367 e. The Labute approximate surface area is 128 Å². The number of aryl methyl sites for hydroxylation is 1. The number of ether oxygens (including phenoxy) is 1. The molecule has 108 valence electrons. The van der Waals surface area contributed by atoms with E-state index in [1.807, 2.05) is 0 Å². The molecule has 1 fully saturated rings. The summed E-state index contributed by atoms with van der Waals surface area (Å²) < 4.78 is 6.21. The van der Waals surface area contributed by atoms with E-state index in [9.17, 15) is 0 Å². The van der Waals surface area contributed by atoms with Gasteiger partial charge in [-0.25, -0.2) is 4.98 Å². The Morgan fingerprint density at radius 2 is 2.14 bits per heavy atom. The van der Waals surface area contributed by atoms with Gasteiger partial charge in [-0.1, -0.05) is 35.9 Å². The molecule has 2 aromatic rings. The van der Waals surface area contributed by atoms with Crippen LogP contribution in [0.3, 0.4) is 0 Å². The molecule has 4 nitrogen and oxygen atoms in total. The lowest BCUT2D eigenvalue weighted by Gasteiger charge is -2.41. The van der Waals surface area contributed by atoms with E-state index in [1.54, 1.807) is 12.4 Å². The van der Waals surface area contributed by atoms with E-state index in [0.29, 0.717) is 11.8 Å². The Hall–Kier alpha value is -1.65.